The molecule has 8 nitrogen and oxygen atoms in total. The second-order valence-corrected chi connectivity index (χ2v) is 7.98. The molecule has 30 heavy (non-hydrogen) atoms. The van der Waals surface area contributed by atoms with Crippen LogP contribution in [0.2, 0.25) is 0 Å². The van der Waals surface area contributed by atoms with Crippen molar-refractivity contribution in [2.24, 2.45) is 0 Å². The number of ether oxygens (including phenoxy) is 1. The molecule has 4 rings (SSSR count). The lowest BCUT2D eigenvalue weighted by atomic mass is 10.1. The Kier molecular flexibility index (Phi) is 5.54. The van der Waals surface area contributed by atoms with E-state index in [2.05, 4.69) is 14.9 Å². The summed E-state index contributed by atoms with van der Waals surface area (Å²) in [5.74, 6) is 0.405. The number of rotatable bonds is 4. The average molecular weight is 426 g/mol. The summed E-state index contributed by atoms with van der Waals surface area (Å²) in [6, 6.07) is 6.39. The van der Waals surface area contributed by atoms with E-state index in [-0.39, 0.29) is 17.6 Å². The number of esters is 1. The second-order valence-electron chi connectivity index (χ2n) is 6.98. The molecule has 3 aromatic rings. The van der Waals surface area contributed by atoms with Gasteiger partial charge in [0.25, 0.3) is 5.91 Å². The van der Waals surface area contributed by atoms with Gasteiger partial charge in [0.1, 0.15) is 27.6 Å². The first-order valence-electron chi connectivity index (χ1n) is 9.74. The predicted molar refractivity (Wildman–Crippen MR) is 114 cm³/mol. The molecule has 1 fully saturated rings. The number of carbonyl (C=O) groups is 2. The molecule has 0 spiro atoms. The number of phenols is 1. The van der Waals surface area contributed by atoms with Crippen molar-refractivity contribution >= 4 is 39.2 Å². The predicted octanol–water partition coefficient (Wildman–Crippen LogP) is 2.84. The molecule has 9 heteroatoms. The molecule has 0 unspecified atom stereocenters. The normalized spacial score (nSPS) is 14.2. The molecule has 1 aliphatic rings. The first kappa shape index (κ1) is 20.1. The van der Waals surface area contributed by atoms with E-state index < -0.39 is 0 Å². The lowest BCUT2D eigenvalue weighted by Gasteiger charge is -2.35. The Balaban J connectivity index is 1.55. The molecule has 1 aromatic carbocycles. The van der Waals surface area contributed by atoms with Gasteiger partial charge >= 0.3 is 5.97 Å². The van der Waals surface area contributed by atoms with Crippen molar-refractivity contribution in [2.75, 3.05) is 37.7 Å². The van der Waals surface area contributed by atoms with Crippen molar-refractivity contribution in [3.05, 3.63) is 46.6 Å². The number of amides is 1. The summed E-state index contributed by atoms with van der Waals surface area (Å²) >= 11 is 1.31. The number of aromatic hydroxyl groups is 1. The highest BCUT2D eigenvalue weighted by atomic mass is 32.1. The number of hydrogen-bond acceptors (Lipinski definition) is 8. The quantitative estimate of drug-likeness (QED) is 0.641. The average Bonchev–Trinajstić information content (AvgIpc) is 3.10. The van der Waals surface area contributed by atoms with E-state index in [4.69, 9.17) is 4.74 Å². The van der Waals surface area contributed by atoms with Gasteiger partial charge in [0, 0.05) is 31.7 Å². The Bertz CT molecular complexity index is 1110. The molecular weight excluding hydrogens is 404 g/mol. The Hall–Kier alpha value is -3.20. The number of carbonyl (C=O) groups excluding carboxylic acids is 2. The van der Waals surface area contributed by atoms with E-state index in [1.807, 2.05) is 6.92 Å². The monoisotopic (exact) mass is 426 g/mol. The number of nitrogens with zero attached hydrogens (tertiary/aromatic N) is 4. The van der Waals surface area contributed by atoms with Crippen LogP contribution >= 0.6 is 11.3 Å². The minimum atomic E-state index is -0.342. The van der Waals surface area contributed by atoms with Gasteiger partial charge in [0.15, 0.2) is 0 Å². The zero-order chi connectivity index (χ0) is 21.3. The van der Waals surface area contributed by atoms with Crippen LogP contribution in [0, 0.1) is 6.92 Å². The molecule has 1 amide bonds. The summed E-state index contributed by atoms with van der Waals surface area (Å²) in [5, 5.41) is 10.5. The van der Waals surface area contributed by atoms with Gasteiger partial charge in [-0.1, -0.05) is 6.07 Å². The molecule has 0 saturated carbocycles. The Morgan fingerprint density at radius 3 is 2.67 bits per heavy atom. The molecule has 1 N–H and O–H groups in total. The number of aromatic nitrogens is 2. The minimum Gasteiger partial charge on any atom is -0.508 e. The van der Waals surface area contributed by atoms with Gasteiger partial charge in [-0.3, -0.25) is 4.79 Å². The maximum absolute atomic E-state index is 12.7. The Morgan fingerprint density at radius 2 is 1.97 bits per heavy atom. The van der Waals surface area contributed by atoms with E-state index in [0.29, 0.717) is 43.2 Å². The fourth-order valence-electron chi connectivity index (χ4n) is 3.63. The summed E-state index contributed by atoms with van der Waals surface area (Å²) in [5.41, 5.74) is 1.29. The summed E-state index contributed by atoms with van der Waals surface area (Å²) in [6.45, 7) is 6.28. The number of benzene rings is 1. The molecule has 2 aromatic heterocycles. The number of thiophene rings is 1. The number of piperazine rings is 1. The van der Waals surface area contributed by atoms with Gasteiger partial charge in [-0.2, -0.15) is 0 Å². The van der Waals surface area contributed by atoms with Gasteiger partial charge in [-0.25, -0.2) is 14.8 Å². The SMILES string of the molecule is CCOC(=O)c1sc2ncnc(N3CCN(C(=O)c4cccc(O)c4)CC3)c2c1C. The molecule has 0 radical (unpaired) electrons. The fourth-order valence-corrected chi connectivity index (χ4v) is 4.66. The third kappa shape index (κ3) is 3.68. The Labute approximate surface area is 177 Å². The van der Waals surface area contributed by atoms with Crippen molar-refractivity contribution in [3.63, 3.8) is 0 Å². The summed E-state index contributed by atoms with van der Waals surface area (Å²) in [4.78, 5) is 39.0. The van der Waals surface area contributed by atoms with Crippen LogP contribution in [-0.4, -0.2) is 64.6 Å². The van der Waals surface area contributed by atoms with E-state index in [9.17, 15) is 14.7 Å². The van der Waals surface area contributed by atoms with Crippen LogP contribution in [0.4, 0.5) is 5.82 Å². The second kappa shape index (κ2) is 8.27. The van der Waals surface area contributed by atoms with Gasteiger partial charge in [-0.05, 0) is 37.6 Å². The van der Waals surface area contributed by atoms with Crippen LogP contribution in [0.3, 0.4) is 0 Å². The maximum Gasteiger partial charge on any atom is 0.348 e. The van der Waals surface area contributed by atoms with E-state index >= 15 is 0 Å². The zero-order valence-corrected chi connectivity index (χ0v) is 17.6. The lowest BCUT2D eigenvalue weighted by molar-refractivity contribution is 0.0531. The molecule has 3 heterocycles. The molecular formula is C21H22N4O4S. The van der Waals surface area contributed by atoms with Crippen LogP contribution in [-0.2, 0) is 4.74 Å². The topological polar surface area (TPSA) is 95.9 Å². The molecule has 0 aliphatic carbocycles. The van der Waals surface area contributed by atoms with Crippen molar-refractivity contribution in [2.45, 2.75) is 13.8 Å². The van der Waals surface area contributed by atoms with Crippen LogP contribution in [0.15, 0.2) is 30.6 Å². The molecule has 1 aliphatic heterocycles. The van der Waals surface area contributed by atoms with Crippen molar-refractivity contribution in [1.29, 1.82) is 0 Å². The van der Waals surface area contributed by atoms with Crippen molar-refractivity contribution < 1.29 is 19.4 Å². The van der Waals surface area contributed by atoms with E-state index in [0.717, 1.165) is 21.6 Å². The number of aryl methyl sites for hydroxylation is 1. The highest BCUT2D eigenvalue weighted by molar-refractivity contribution is 7.20. The van der Waals surface area contributed by atoms with Gasteiger partial charge in [0.05, 0.1) is 12.0 Å². The lowest BCUT2D eigenvalue weighted by Crippen LogP contribution is -2.49. The van der Waals surface area contributed by atoms with Gasteiger partial charge in [0.2, 0.25) is 0 Å². The molecule has 0 atom stereocenters. The zero-order valence-electron chi connectivity index (χ0n) is 16.8. The van der Waals surface area contributed by atoms with Crippen LogP contribution < -0.4 is 4.90 Å². The maximum atomic E-state index is 12.7. The molecule has 156 valence electrons. The number of hydrogen-bond donors (Lipinski definition) is 1. The fraction of sp³-hybridized carbons (Fsp3) is 0.333. The highest BCUT2D eigenvalue weighted by Crippen LogP contribution is 2.35. The Morgan fingerprint density at radius 1 is 1.20 bits per heavy atom. The smallest absolute Gasteiger partial charge is 0.348 e. The van der Waals surface area contributed by atoms with Crippen LogP contribution in [0.1, 0.15) is 32.5 Å². The first-order valence-corrected chi connectivity index (χ1v) is 10.6. The molecule has 0 bridgehead atoms. The summed E-state index contributed by atoms with van der Waals surface area (Å²) in [6.07, 6.45) is 1.51. The van der Waals surface area contributed by atoms with E-state index in [1.54, 1.807) is 30.0 Å². The van der Waals surface area contributed by atoms with Crippen molar-refractivity contribution in [1.82, 2.24) is 14.9 Å². The van der Waals surface area contributed by atoms with Gasteiger partial charge in [-0.15, -0.1) is 11.3 Å². The molecule has 1 saturated heterocycles. The number of anilines is 1. The first-order chi connectivity index (χ1) is 14.5. The summed E-state index contributed by atoms with van der Waals surface area (Å²) in [7, 11) is 0. The van der Waals surface area contributed by atoms with Crippen LogP contribution in [0.5, 0.6) is 5.75 Å². The van der Waals surface area contributed by atoms with E-state index in [1.165, 1.54) is 23.7 Å². The highest BCUT2D eigenvalue weighted by Gasteiger charge is 2.27. The van der Waals surface area contributed by atoms with Crippen molar-refractivity contribution in [3.8, 4) is 5.75 Å². The third-order valence-corrected chi connectivity index (χ3v) is 6.31. The summed E-state index contributed by atoms with van der Waals surface area (Å²) < 4.78 is 5.16. The standard InChI is InChI=1S/C21H22N4O4S/c1-3-29-21(28)17-13(2)16-18(22-12-23-19(16)30-17)24-7-9-25(10-8-24)20(27)14-5-4-6-15(26)11-14/h4-6,11-12,26H,3,7-10H2,1-2H3. The van der Waals surface area contributed by atoms with Crippen LogP contribution in [0.25, 0.3) is 10.2 Å². The third-order valence-electron chi connectivity index (χ3n) is 5.13. The largest absolute Gasteiger partial charge is 0.508 e. The number of fused-ring (bicyclic) bond motifs is 1. The minimum absolute atomic E-state index is 0.0770. The van der Waals surface area contributed by atoms with Gasteiger partial charge < -0.3 is 19.6 Å². The number of phenolic OH excluding ortho intramolecular Hbond substituents is 1.